The molecule has 0 aromatic heterocycles. The summed E-state index contributed by atoms with van der Waals surface area (Å²) >= 11 is 5.84. The van der Waals surface area contributed by atoms with Gasteiger partial charge in [-0.2, -0.15) is 0 Å². The molecule has 0 spiro atoms. The second-order valence-electron chi connectivity index (χ2n) is 5.22. The van der Waals surface area contributed by atoms with Crippen LogP contribution in [0.25, 0.3) is 0 Å². The molecule has 18 heavy (non-hydrogen) atoms. The van der Waals surface area contributed by atoms with Gasteiger partial charge in [-0.05, 0) is 19.8 Å². The van der Waals surface area contributed by atoms with Crippen LogP contribution in [0.5, 0.6) is 0 Å². The largest absolute Gasteiger partial charge is 0.373 e. The Labute approximate surface area is 116 Å². The van der Waals surface area contributed by atoms with Crippen LogP contribution in [-0.4, -0.2) is 42.0 Å². The Bertz CT molecular complexity index is 254. The summed E-state index contributed by atoms with van der Waals surface area (Å²) in [5.74, 6) is 0.934. The van der Waals surface area contributed by atoms with Gasteiger partial charge in [0.2, 0.25) is 5.91 Å². The zero-order valence-corrected chi connectivity index (χ0v) is 12.6. The van der Waals surface area contributed by atoms with Crippen molar-refractivity contribution in [3.63, 3.8) is 0 Å². The number of halogens is 1. The first-order valence-corrected chi connectivity index (χ1v) is 7.65. The molecule has 3 nitrogen and oxygen atoms in total. The molecule has 1 fully saturated rings. The van der Waals surface area contributed by atoms with Crippen LogP contribution in [0.2, 0.25) is 0 Å². The molecule has 0 aromatic carbocycles. The molecule has 1 amide bonds. The highest BCUT2D eigenvalue weighted by Crippen LogP contribution is 2.21. The minimum absolute atomic E-state index is 0.00396. The first-order chi connectivity index (χ1) is 8.63. The van der Waals surface area contributed by atoms with Crippen molar-refractivity contribution in [2.75, 3.05) is 19.0 Å². The Balaban J connectivity index is 2.65. The van der Waals surface area contributed by atoms with Crippen molar-refractivity contribution in [2.45, 2.75) is 58.6 Å². The first kappa shape index (κ1) is 15.8. The minimum Gasteiger partial charge on any atom is -0.373 e. The molecule has 0 bridgehead atoms. The molecule has 2 atom stereocenters. The maximum absolute atomic E-state index is 12.6. The fraction of sp³-hybridized carbons (Fsp3) is 0.929. The van der Waals surface area contributed by atoms with Gasteiger partial charge < -0.3 is 9.64 Å². The highest BCUT2D eigenvalue weighted by Gasteiger charge is 2.32. The van der Waals surface area contributed by atoms with Gasteiger partial charge in [0.15, 0.2) is 0 Å². The number of morpholine rings is 1. The molecule has 4 heteroatoms. The average molecular weight is 276 g/mol. The van der Waals surface area contributed by atoms with Crippen molar-refractivity contribution in [3.05, 3.63) is 0 Å². The van der Waals surface area contributed by atoms with E-state index < -0.39 is 0 Å². The predicted octanol–water partition coefficient (Wildman–Crippen LogP) is 3.06. The van der Waals surface area contributed by atoms with E-state index in [2.05, 4.69) is 20.8 Å². The van der Waals surface area contributed by atoms with Crippen molar-refractivity contribution >= 4 is 17.5 Å². The summed E-state index contributed by atoms with van der Waals surface area (Å²) in [6, 6.07) is 0.174. The maximum Gasteiger partial charge on any atom is 0.226 e. The first-order valence-electron chi connectivity index (χ1n) is 7.12. The molecule has 1 rings (SSSR count). The molecule has 0 aliphatic carbocycles. The van der Waals surface area contributed by atoms with Crippen LogP contribution in [0.3, 0.4) is 0 Å². The van der Waals surface area contributed by atoms with Gasteiger partial charge in [0.25, 0.3) is 0 Å². The number of alkyl halides is 1. The summed E-state index contributed by atoms with van der Waals surface area (Å²) in [7, 11) is 0. The van der Waals surface area contributed by atoms with E-state index in [-0.39, 0.29) is 18.1 Å². The Morgan fingerprint density at radius 1 is 1.39 bits per heavy atom. The second-order valence-corrected chi connectivity index (χ2v) is 5.53. The lowest BCUT2D eigenvalue weighted by Gasteiger charge is -2.39. The van der Waals surface area contributed by atoms with Crippen molar-refractivity contribution < 1.29 is 9.53 Å². The van der Waals surface area contributed by atoms with E-state index in [0.717, 1.165) is 25.7 Å². The van der Waals surface area contributed by atoms with E-state index >= 15 is 0 Å². The van der Waals surface area contributed by atoms with E-state index in [9.17, 15) is 4.79 Å². The van der Waals surface area contributed by atoms with E-state index in [4.69, 9.17) is 16.3 Å². The number of hydrogen-bond acceptors (Lipinski definition) is 2. The highest BCUT2D eigenvalue weighted by atomic mass is 35.5. The second kappa shape index (κ2) is 8.00. The van der Waals surface area contributed by atoms with Crippen LogP contribution < -0.4 is 0 Å². The molecular weight excluding hydrogens is 250 g/mol. The van der Waals surface area contributed by atoms with Crippen molar-refractivity contribution in [1.29, 1.82) is 0 Å². The fourth-order valence-corrected chi connectivity index (χ4v) is 2.73. The summed E-state index contributed by atoms with van der Waals surface area (Å²) in [4.78, 5) is 14.6. The van der Waals surface area contributed by atoms with Gasteiger partial charge in [-0.1, -0.05) is 26.7 Å². The number of carbonyl (C=O) groups is 1. The number of rotatable bonds is 6. The molecule has 2 unspecified atom stereocenters. The summed E-state index contributed by atoms with van der Waals surface area (Å²) in [5.41, 5.74) is 0. The van der Waals surface area contributed by atoms with Crippen LogP contribution in [0.1, 0.15) is 46.5 Å². The lowest BCUT2D eigenvalue weighted by atomic mass is 9.95. The monoisotopic (exact) mass is 275 g/mol. The highest BCUT2D eigenvalue weighted by molar-refractivity contribution is 6.18. The van der Waals surface area contributed by atoms with Gasteiger partial charge in [-0.15, -0.1) is 11.6 Å². The van der Waals surface area contributed by atoms with E-state index in [0.29, 0.717) is 24.9 Å². The summed E-state index contributed by atoms with van der Waals surface area (Å²) < 4.78 is 5.59. The van der Waals surface area contributed by atoms with E-state index in [1.165, 1.54) is 0 Å². The van der Waals surface area contributed by atoms with E-state index in [1.54, 1.807) is 0 Å². The third-order valence-corrected chi connectivity index (χ3v) is 3.93. The molecule has 0 radical (unpaired) electrons. The minimum atomic E-state index is -0.00396. The molecule has 0 saturated carbocycles. The van der Waals surface area contributed by atoms with Crippen LogP contribution in [0, 0.1) is 5.92 Å². The third kappa shape index (κ3) is 4.13. The van der Waals surface area contributed by atoms with Crippen LogP contribution in [0.4, 0.5) is 0 Å². The van der Waals surface area contributed by atoms with Gasteiger partial charge in [0.05, 0.1) is 24.6 Å². The average Bonchev–Trinajstić information content (AvgIpc) is 2.38. The SMILES string of the molecule is CCCC(CCC)C(=O)N1CC(CCl)OCC1C. The number of amides is 1. The number of ether oxygens (including phenoxy) is 1. The Morgan fingerprint density at radius 3 is 2.50 bits per heavy atom. The molecule has 1 heterocycles. The molecule has 1 aliphatic rings. The predicted molar refractivity (Wildman–Crippen MR) is 74.9 cm³/mol. The topological polar surface area (TPSA) is 29.5 Å². The number of nitrogens with zero attached hydrogens (tertiary/aromatic N) is 1. The molecule has 1 aliphatic heterocycles. The summed E-state index contributed by atoms with van der Waals surface area (Å²) in [6.45, 7) is 7.58. The normalized spacial score (nSPS) is 24.6. The molecular formula is C14H26ClNO2. The lowest BCUT2D eigenvalue weighted by molar-refractivity contribution is -0.147. The van der Waals surface area contributed by atoms with Crippen molar-refractivity contribution in [1.82, 2.24) is 4.90 Å². The van der Waals surface area contributed by atoms with Crippen LogP contribution >= 0.6 is 11.6 Å². The molecule has 106 valence electrons. The molecule has 0 aromatic rings. The number of hydrogen-bond donors (Lipinski definition) is 0. The molecule has 1 saturated heterocycles. The quantitative estimate of drug-likeness (QED) is 0.698. The van der Waals surface area contributed by atoms with E-state index in [1.807, 2.05) is 4.90 Å². The van der Waals surface area contributed by atoms with Gasteiger partial charge in [-0.25, -0.2) is 0 Å². The maximum atomic E-state index is 12.6. The zero-order chi connectivity index (χ0) is 13.5. The standard InChI is InChI=1S/C14H26ClNO2/c1-4-6-12(7-5-2)14(17)16-9-13(8-15)18-10-11(16)3/h11-13H,4-10H2,1-3H3. The van der Waals surface area contributed by atoms with Gasteiger partial charge >= 0.3 is 0 Å². The Kier molecular flexibility index (Phi) is 7.02. The fourth-order valence-electron chi connectivity index (χ4n) is 2.54. The van der Waals surface area contributed by atoms with Gasteiger partial charge in [-0.3, -0.25) is 4.79 Å². The van der Waals surface area contributed by atoms with Crippen LogP contribution in [-0.2, 0) is 9.53 Å². The Hall–Kier alpha value is -0.280. The number of carbonyl (C=O) groups excluding carboxylic acids is 1. The summed E-state index contributed by atoms with van der Waals surface area (Å²) in [6.07, 6.45) is 4.10. The summed E-state index contributed by atoms with van der Waals surface area (Å²) in [5, 5.41) is 0. The smallest absolute Gasteiger partial charge is 0.226 e. The third-order valence-electron chi connectivity index (χ3n) is 3.58. The van der Waals surface area contributed by atoms with Gasteiger partial charge in [0.1, 0.15) is 0 Å². The lowest BCUT2D eigenvalue weighted by Crippen LogP contribution is -2.53. The van der Waals surface area contributed by atoms with Crippen LogP contribution in [0.15, 0.2) is 0 Å². The van der Waals surface area contributed by atoms with Crippen molar-refractivity contribution in [2.24, 2.45) is 5.92 Å². The van der Waals surface area contributed by atoms with Gasteiger partial charge in [0, 0.05) is 12.5 Å². The van der Waals surface area contributed by atoms with Crippen molar-refractivity contribution in [3.8, 4) is 0 Å². The molecule has 0 N–H and O–H groups in total. The zero-order valence-electron chi connectivity index (χ0n) is 11.8. The Morgan fingerprint density at radius 2 is 2.00 bits per heavy atom.